The van der Waals surface area contributed by atoms with Crippen LogP contribution < -0.4 is 0 Å². The predicted octanol–water partition coefficient (Wildman–Crippen LogP) is 3.38. The molecule has 3 aromatic rings. The highest BCUT2D eigenvalue weighted by molar-refractivity contribution is 5.97. The monoisotopic (exact) mass is 512 g/mol. The highest BCUT2D eigenvalue weighted by Crippen LogP contribution is 2.43. The van der Waals surface area contributed by atoms with Crippen LogP contribution in [0.2, 0.25) is 0 Å². The molecule has 0 unspecified atom stereocenters. The summed E-state index contributed by atoms with van der Waals surface area (Å²) in [5, 5.41) is 10.3. The molecule has 5 rings (SSSR count). The number of aliphatic hydroxyl groups is 1. The molecule has 2 fully saturated rings. The van der Waals surface area contributed by atoms with Crippen molar-refractivity contribution in [2.75, 3.05) is 13.1 Å². The van der Waals surface area contributed by atoms with E-state index in [1.54, 1.807) is 11.8 Å². The minimum Gasteiger partial charge on any atom is -0.382 e. The highest BCUT2D eigenvalue weighted by atomic mass is 19.1. The zero-order valence-electron chi connectivity index (χ0n) is 20.7. The third kappa shape index (κ3) is 4.80. The smallest absolute Gasteiger partial charge is 0.257 e. The van der Waals surface area contributed by atoms with Crippen molar-refractivity contribution in [2.45, 2.75) is 57.8 Å². The van der Waals surface area contributed by atoms with Gasteiger partial charge in [-0.05, 0) is 45.2 Å². The molecule has 1 saturated heterocycles. The molecule has 0 radical (unpaired) electrons. The average Bonchev–Trinajstić information content (AvgIpc) is 3.61. The molecule has 1 aliphatic heterocycles. The summed E-state index contributed by atoms with van der Waals surface area (Å²) < 4.78 is 43.2. The number of carbonyl (C=O) groups is 1. The van der Waals surface area contributed by atoms with Gasteiger partial charge in [0, 0.05) is 50.2 Å². The third-order valence-corrected chi connectivity index (χ3v) is 7.07. The van der Waals surface area contributed by atoms with E-state index in [1.807, 2.05) is 18.7 Å². The van der Waals surface area contributed by atoms with E-state index in [9.17, 15) is 18.7 Å². The zero-order valence-corrected chi connectivity index (χ0v) is 20.7. The van der Waals surface area contributed by atoms with Gasteiger partial charge >= 0.3 is 0 Å². The van der Waals surface area contributed by atoms with Gasteiger partial charge in [-0.1, -0.05) is 0 Å². The molecule has 194 valence electrons. The zero-order chi connectivity index (χ0) is 26.5. The molecule has 8 nitrogen and oxygen atoms in total. The van der Waals surface area contributed by atoms with Gasteiger partial charge < -0.3 is 10.0 Å². The summed E-state index contributed by atoms with van der Waals surface area (Å²) in [7, 11) is 0. The maximum atomic E-state index is 15.8. The van der Waals surface area contributed by atoms with Crippen LogP contribution in [-0.4, -0.2) is 65.9 Å². The van der Waals surface area contributed by atoms with Crippen LogP contribution in [0.15, 0.2) is 30.7 Å². The molecule has 0 aromatic carbocycles. The second kappa shape index (κ2) is 9.46. The minimum atomic E-state index is -1.09. The minimum absolute atomic E-state index is 0.0842. The molecule has 3 aromatic heterocycles. The van der Waals surface area contributed by atoms with Gasteiger partial charge in [-0.15, -0.1) is 0 Å². The first-order valence-corrected chi connectivity index (χ1v) is 12.1. The van der Waals surface area contributed by atoms with Crippen LogP contribution in [-0.2, 0) is 12.1 Å². The van der Waals surface area contributed by atoms with Gasteiger partial charge in [-0.2, -0.15) is 0 Å². The van der Waals surface area contributed by atoms with Crippen LogP contribution in [0.3, 0.4) is 0 Å². The van der Waals surface area contributed by atoms with Gasteiger partial charge in [0.25, 0.3) is 5.91 Å². The van der Waals surface area contributed by atoms with Crippen molar-refractivity contribution in [3.05, 3.63) is 70.8 Å². The molecule has 4 heterocycles. The first kappa shape index (κ1) is 25.2. The van der Waals surface area contributed by atoms with Crippen molar-refractivity contribution in [1.29, 1.82) is 0 Å². The maximum absolute atomic E-state index is 15.8. The van der Waals surface area contributed by atoms with E-state index in [2.05, 4.69) is 19.9 Å². The molecule has 37 heavy (non-hydrogen) atoms. The quantitative estimate of drug-likeness (QED) is 0.560. The van der Waals surface area contributed by atoms with E-state index in [0.29, 0.717) is 24.9 Å². The van der Waals surface area contributed by atoms with Gasteiger partial charge in [0.2, 0.25) is 0 Å². The summed E-state index contributed by atoms with van der Waals surface area (Å²) in [5.74, 6) is -2.50. The maximum Gasteiger partial charge on any atom is 0.257 e. The highest BCUT2D eigenvalue weighted by Gasteiger charge is 2.45. The van der Waals surface area contributed by atoms with Crippen molar-refractivity contribution < 1.29 is 23.1 Å². The number of hydrogen-bond acceptors (Lipinski definition) is 7. The Hall–Kier alpha value is -3.44. The van der Waals surface area contributed by atoms with Gasteiger partial charge in [-0.3, -0.25) is 19.7 Å². The van der Waals surface area contributed by atoms with Gasteiger partial charge in [0.05, 0.1) is 23.1 Å². The lowest BCUT2D eigenvalue weighted by atomic mass is 10.0. The number of aryl methyl sites for hydroxylation is 1. The SMILES string of the molecule is Cc1cnc(-c2ccnc(C3(O)CC3)n2)c(F)c1C(=O)N1C[C@H](C)N(Cc2ncc(F)cc2F)C[C@H]1C. The number of pyridine rings is 2. The molecule has 0 bridgehead atoms. The Bertz CT molecular complexity index is 1370. The number of aromatic nitrogens is 4. The van der Waals surface area contributed by atoms with Crippen molar-refractivity contribution in [1.82, 2.24) is 29.7 Å². The Balaban J connectivity index is 1.39. The normalized spacial score (nSPS) is 21.2. The number of piperazine rings is 1. The lowest BCUT2D eigenvalue weighted by Crippen LogP contribution is -2.57. The molecule has 1 amide bonds. The second-order valence-electron chi connectivity index (χ2n) is 9.94. The molecule has 2 atom stereocenters. The number of hydrogen-bond donors (Lipinski definition) is 1. The van der Waals surface area contributed by atoms with Crippen LogP contribution in [0.1, 0.15) is 54.1 Å². The summed E-state index contributed by atoms with van der Waals surface area (Å²) in [6, 6.07) is 1.81. The van der Waals surface area contributed by atoms with Crippen LogP contribution in [0.25, 0.3) is 11.4 Å². The van der Waals surface area contributed by atoms with Crippen LogP contribution in [0.4, 0.5) is 13.2 Å². The average molecular weight is 513 g/mol. The Labute approximate surface area is 212 Å². The molecule has 1 saturated carbocycles. The lowest BCUT2D eigenvalue weighted by Gasteiger charge is -2.44. The lowest BCUT2D eigenvalue weighted by molar-refractivity contribution is 0.0278. The van der Waals surface area contributed by atoms with Gasteiger partial charge in [0.1, 0.15) is 22.9 Å². The van der Waals surface area contributed by atoms with Gasteiger partial charge in [0.15, 0.2) is 11.6 Å². The topological polar surface area (TPSA) is 95.3 Å². The van der Waals surface area contributed by atoms with Crippen molar-refractivity contribution >= 4 is 5.91 Å². The fraction of sp³-hybridized carbons (Fsp3) is 0.423. The molecular weight excluding hydrogens is 485 g/mol. The summed E-state index contributed by atoms with van der Waals surface area (Å²) in [6.07, 6.45) is 4.93. The van der Waals surface area contributed by atoms with Crippen molar-refractivity contribution in [2.24, 2.45) is 0 Å². The molecule has 1 N–H and O–H groups in total. The predicted molar refractivity (Wildman–Crippen MR) is 128 cm³/mol. The molecule has 0 spiro atoms. The van der Waals surface area contributed by atoms with Crippen molar-refractivity contribution in [3.63, 3.8) is 0 Å². The second-order valence-corrected chi connectivity index (χ2v) is 9.94. The standard InChI is InChI=1S/C26H27F3N6O2/c1-14-9-32-23(19-4-7-30-25(33-19)26(37)5-6-26)22(29)21(14)24(36)35-12-15(2)34(11-16(35)3)13-20-18(28)8-17(27)10-31-20/h4,7-10,15-16,37H,5-6,11-13H2,1-3H3/t15-,16+/m0/s1. The van der Waals surface area contributed by atoms with E-state index >= 15 is 4.39 Å². The number of halogens is 3. The number of nitrogens with zero attached hydrogens (tertiary/aromatic N) is 6. The summed E-state index contributed by atoms with van der Waals surface area (Å²) in [4.78, 5) is 33.7. The fourth-order valence-corrected chi connectivity index (χ4v) is 4.67. The summed E-state index contributed by atoms with van der Waals surface area (Å²) >= 11 is 0. The van der Waals surface area contributed by atoms with E-state index < -0.39 is 29.0 Å². The first-order chi connectivity index (χ1) is 17.6. The van der Waals surface area contributed by atoms with Gasteiger partial charge in [-0.25, -0.2) is 23.1 Å². The van der Waals surface area contributed by atoms with E-state index in [4.69, 9.17) is 0 Å². The third-order valence-electron chi connectivity index (χ3n) is 7.07. The Morgan fingerprint density at radius 3 is 2.57 bits per heavy atom. The van der Waals surface area contributed by atoms with Crippen LogP contribution in [0, 0.1) is 24.4 Å². The largest absolute Gasteiger partial charge is 0.382 e. The van der Waals surface area contributed by atoms with E-state index in [1.165, 1.54) is 18.5 Å². The molecule has 1 aliphatic carbocycles. The number of carbonyl (C=O) groups excluding carboxylic acids is 1. The van der Waals surface area contributed by atoms with Crippen LogP contribution >= 0.6 is 0 Å². The first-order valence-electron chi connectivity index (χ1n) is 12.1. The summed E-state index contributed by atoms with van der Waals surface area (Å²) in [6.45, 7) is 6.20. The Morgan fingerprint density at radius 1 is 1.11 bits per heavy atom. The molecule has 11 heteroatoms. The van der Waals surface area contributed by atoms with E-state index in [-0.39, 0.29) is 53.6 Å². The van der Waals surface area contributed by atoms with Crippen LogP contribution in [0.5, 0.6) is 0 Å². The van der Waals surface area contributed by atoms with Crippen molar-refractivity contribution in [3.8, 4) is 11.4 Å². The summed E-state index contributed by atoms with van der Waals surface area (Å²) in [5.41, 5.74) is -0.555. The molecule has 2 aliphatic rings. The molecular formula is C26H27F3N6O2. The number of rotatable bonds is 5. The Kier molecular flexibility index (Phi) is 6.45. The number of amides is 1. The van der Waals surface area contributed by atoms with E-state index in [0.717, 1.165) is 12.3 Å². The fourth-order valence-electron chi connectivity index (χ4n) is 4.67. The Morgan fingerprint density at radius 2 is 1.86 bits per heavy atom.